The maximum atomic E-state index is 13.0. The van der Waals surface area contributed by atoms with Crippen LogP contribution >= 0.6 is 11.3 Å². The predicted octanol–water partition coefficient (Wildman–Crippen LogP) is 3.49. The molecule has 4 rings (SSSR count). The van der Waals surface area contributed by atoms with Gasteiger partial charge >= 0.3 is 0 Å². The molecule has 0 saturated heterocycles. The molecule has 2 aromatic carbocycles. The number of hydrogen-bond donors (Lipinski definition) is 1. The van der Waals surface area contributed by atoms with Gasteiger partial charge in [-0.05, 0) is 30.2 Å². The number of nitro groups is 1. The topological polar surface area (TPSA) is 119 Å². The zero-order valence-corrected chi connectivity index (χ0v) is 17.7. The van der Waals surface area contributed by atoms with E-state index in [1.54, 1.807) is 0 Å². The second-order valence-corrected chi connectivity index (χ2v) is 7.87. The van der Waals surface area contributed by atoms with Crippen molar-refractivity contribution in [2.75, 3.05) is 0 Å². The van der Waals surface area contributed by atoms with E-state index in [0.29, 0.717) is 15.8 Å². The fourth-order valence-electron chi connectivity index (χ4n) is 3.08. The number of non-ortho nitro benzene ring substituents is 1. The average molecular weight is 447 g/mol. The summed E-state index contributed by atoms with van der Waals surface area (Å²) in [5.41, 5.74) is 5.41. The van der Waals surface area contributed by atoms with E-state index in [2.05, 4.69) is 15.5 Å². The molecule has 0 spiro atoms. The first kappa shape index (κ1) is 21.1. The maximum absolute atomic E-state index is 13.0. The van der Waals surface area contributed by atoms with Crippen LogP contribution in [0, 0.1) is 17.0 Å². The van der Waals surface area contributed by atoms with E-state index in [1.807, 2.05) is 36.6 Å². The summed E-state index contributed by atoms with van der Waals surface area (Å²) in [6.07, 6.45) is 2.71. The Hall–Kier alpha value is -4.18. The minimum Gasteiger partial charge on any atom is -0.289 e. The minimum absolute atomic E-state index is 0.0353. The Labute approximate surface area is 185 Å². The largest absolute Gasteiger partial charge is 0.289 e. The van der Waals surface area contributed by atoms with E-state index in [4.69, 9.17) is 0 Å². The van der Waals surface area contributed by atoms with Crippen LogP contribution in [-0.2, 0) is 11.3 Å². The van der Waals surface area contributed by atoms with Crippen LogP contribution < -0.4 is 11.0 Å². The molecule has 0 fully saturated rings. The molecule has 2 heterocycles. The molecule has 1 N–H and O–H groups in total. The number of aryl methyl sites for hydroxylation is 1. The highest BCUT2D eigenvalue weighted by Crippen LogP contribution is 2.30. The Bertz CT molecular complexity index is 1390. The molecular weight excluding hydrogens is 430 g/mol. The lowest BCUT2D eigenvalue weighted by atomic mass is 10.1. The van der Waals surface area contributed by atoms with E-state index in [-0.39, 0.29) is 17.8 Å². The number of hydrazone groups is 1. The standard InChI is InChI=1S/C22H17N5O4S/c1-14-2-6-16(7-3-14)18-12-32-21-20(18)22(29)26(13-23-21)11-19(28)25-24-10-15-4-8-17(9-5-15)27(30)31/h2-10,12-13H,11H2,1H3,(H,25,28)/b24-10-. The Morgan fingerprint density at radius 1 is 1.22 bits per heavy atom. The SMILES string of the molecule is Cc1ccc(-c2csc3ncn(CC(=O)N/N=C\c4ccc([N+](=O)[O-])cc4)c(=O)c23)cc1. The second kappa shape index (κ2) is 8.90. The molecule has 0 unspecified atom stereocenters. The van der Waals surface area contributed by atoms with Gasteiger partial charge in [0, 0.05) is 23.1 Å². The first-order valence-corrected chi connectivity index (χ1v) is 10.4. The summed E-state index contributed by atoms with van der Waals surface area (Å²) < 4.78 is 1.24. The summed E-state index contributed by atoms with van der Waals surface area (Å²) >= 11 is 1.38. The number of rotatable bonds is 6. The molecule has 0 radical (unpaired) electrons. The highest BCUT2D eigenvalue weighted by molar-refractivity contribution is 7.17. The quantitative estimate of drug-likeness (QED) is 0.276. The first-order chi connectivity index (χ1) is 15.4. The van der Waals surface area contributed by atoms with Crippen molar-refractivity contribution in [3.8, 4) is 11.1 Å². The lowest BCUT2D eigenvalue weighted by Gasteiger charge is -2.05. The van der Waals surface area contributed by atoms with E-state index >= 15 is 0 Å². The van der Waals surface area contributed by atoms with Crippen LogP contribution in [0.4, 0.5) is 5.69 Å². The Morgan fingerprint density at radius 3 is 2.62 bits per heavy atom. The zero-order chi connectivity index (χ0) is 22.7. The normalized spacial score (nSPS) is 11.2. The van der Waals surface area contributed by atoms with E-state index < -0.39 is 10.8 Å². The molecule has 2 aromatic heterocycles. The molecule has 0 saturated carbocycles. The molecule has 10 heteroatoms. The van der Waals surface area contributed by atoms with Gasteiger partial charge in [-0.15, -0.1) is 11.3 Å². The number of nitrogens with zero attached hydrogens (tertiary/aromatic N) is 4. The summed E-state index contributed by atoms with van der Waals surface area (Å²) in [5, 5.41) is 16.9. The van der Waals surface area contributed by atoms with Crippen LogP contribution in [0.5, 0.6) is 0 Å². The van der Waals surface area contributed by atoms with Crippen LogP contribution in [0.15, 0.2) is 70.1 Å². The Kier molecular flexibility index (Phi) is 5.86. The summed E-state index contributed by atoms with van der Waals surface area (Å²) in [7, 11) is 0. The van der Waals surface area contributed by atoms with Gasteiger partial charge in [0.25, 0.3) is 17.2 Å². The molecular formula is C22H17N5O4S. The number of aromatic nitrogens is 2. The van der Waals surface area contributed by atoms with Crippen LogP contribution in [0.3, 0.4) is 0 Å². The number of fused-ring (bicyclic) bond motifs is 1. The van der Waals surface area contributed by atoms with Crippen molar-refractivity contribution >= 4 is 39.4 Å². The van der Waals surface area contributed by atoms with Crippen LogP contribution in [-0.4, -0.2) is 26.6 Å². The zero-order valence-electron chi connectivity index (χ0n) is 16.9. The number of nitro benzene ring substituents is 1. The van der Waals surface area contributed by atoms with Gasteiger partial charge in [-0.3, -0.25) is 24.3 Å². The number of nitrogens with one attached hydrogen (secondary N) is 1. The van der Waals surface area contributed by atoms with E-state index in [1.165, 1.54) is 52.7 Å². The van der Waals surface area contributed by atoms with Crippen molar-refractivity contribution in [2.24, 2.45) is 5.10 Å². The minimum atomic E-state index is -0.501. The molecule has 9 nitrogen and oxygen atoms in total. The molecule has 0 aliphatic carbocycles. The van der Waals surface area contributed by atoms with Gasteiger partial charge in [0.2, 0.25) is 0 Å². The van der Waals surface area contributed by atoms with Gasteiger partial charge in [0.15, 0.2) is 0 Å². The molecule has 4 aromatic rings. The van der Waals surface area contributed by atoms with Crippen molar-refractivity contribution in [3.05, 3.63) is 91.8 Å². The monoisotopic (exact) mass is 447 g/mol. The molecule has 0 atom stereocenters. The number of thiophene rings is 1. The van der Waals surface area contributed by atoms with Crippen molar-refractivity contribution in [3.63, 3.8) is 0 Å². The van der Waals surface area contributed by atoms with Crippen molar-refractivity contribution < 1.29 is 9.72 Å². The van der Waals surface area contributed by atoms with E-state index in [9.17, 15) is 19.7 Å². The molecule has 0 bridgehead atoms. The van der Waals surface area contributed by atoms with E-state index in [0.717, 1.165) is 16.7 Å². The van der Waals surface area contributed by atoms with Gasteiger partial charge in [-0.2, -0.15) is 5.10 Å². The lowest BCUT2D eigenvalue weighted by Crippen LogP contribution is -2.30. The third-order valence-corrected chi connectivity index (χ3v) is 5.63. The highest BCUT2D eigenvalue weighted by atomic mass is 32.1. The van der Waals surface area contributed by atoms with Crippen LogP contribution in [0.2, 0.25) is 0 Å². The van der Waals surface area contributed by atoms with Gasteiger partial charge in [-0.1, -0.05) is 29.8 Å². The van der Waals surface area contributed by atoms with Gasteiger partial charge in [-0.25, -0.2) is 10.4 Å². The summed E-state index contributed by atoms with van der Waals surface area (Å²) in [5.74, 6) is -0.501. The fourth-order valence-corrected chi connectivity index (χ4v) is 3.98. The summed E-state index contributed by atoms with van der Waals surface area (Å²) in [4.78, 5) is 40.4. The second-order valence-electron chi connectivity index (χ2n) is 7.01. The molecule has 0 aliphatic rings. The van der Waals surface area contributed by atoms with Crippen LogP contribution in [0.1, 0.15) is 11.1 Å². The van der Waals surface area contributed by atoms with Crippen molar-refractivity contribution in [1.82, 2.24) is 15.0 Å². The number of carbonyl (C=O) groups excluding carboxylic acids is 1. The fraction of sp³-hybridized carbons (Fsp3) is 0.0909. The van der Waals surface area contributed by atoms with Crippen molar-refractivity contribution in [2.45, 2.75) is 13.5 Å². The molecule has 32 heavy (non-hydrogen) atoms. The third-order valence-electron chi connectivity index (χ3n) is 4.74. The van der Waals surface area contributed by atoms with Gasteiger partial charge in [0.1, 0.15) is 11.4 Å². The summed E-state index contributed by atoms with van der Waals surface area (Å²) in [6.45, 7) is 1.75. The predicted molar refractivity (Wildman–Crippen MR) is 123 cm³/mol. The first-order valence-electron chi connectivity index (χ1n) is 9.52. The average Bonchev–Trinajstić information content (AvgIpc) is 3.21. The molecule has 160 valence electrons. The maximum Gasteiger partial charge on any atom is 0.269 e. The number of carbonyl (C=O) groups is 1. The lowest BCUT2D eigenvalue weighted by molar-refractivity contribution is -0.384. The molecule has 1 amide bonds. The number of benzene rings is 2. The smallest absolute Gasteiger partial charge is 0.269 e. The Balaban J connectivity index is 1.50. The molecule has 0 aliphatic heterocycles. The van der Waals surface area contributed by atoms with Gasteiger partial charge < -0.3 is 0 Å². The number of hydrogen-bond acceptors (Lipinski definition) is 7. The van der Waals surface area contributed by atoms with Crippen molar-refractivity contribution in [1.29, 1.82) is 0 Å². The van der Waals surface area contributed by atoms with Crippen LogP contribution in [0.25, 0.3) is 21.3 Å². The third kappa shape index (κ3) is 4.44. The summed E-state index contributed by atoms with van der Waals surface area (Å²) in [6, 6.07) is 13.6. The Morgan fingerprint density at radius 2 is 1.94 bits per heavy atom. The highest BCUT2D eigenvalue weighted by Gasteiger charge is 2.14. The number of amides is 1. The van der Waals surface area contributed by atoms with Gasteiger partial charge in [0.05, 0.1) is 22.9 Å².